The molecule has 1 aromatic heterocycles. The molecule has 0 spiro atoms. The van der Waals surface area contributed by atoms with Crippen molar-refractivity contribution in [1.82, 2.24) is 15.2 Å². The molecule has 0 saturated carbocycles. The normalized spacial score (nSPS) is 10.3. The molecule has 0 aliphatic heterocycles. The molecule has 6 nitrogen and oxygen atoms in total. The lowest BCUT2D eigenvalue weighted by molar-refractivity contribution is -0.384. The zero-order valence-electron chi connectivity index (χ0n) is 8.05. The Labute approximate surface area is 95.4 Å². The minimum Gasteiger partial charge on any atom is -0.262 e. The number of hydrogen-bond donors (Lipinski definition) is 1. The number of nitro groups is 1. The van der Waals surface area contributed by atoms with Crippen molar-refractivity contribution in [1.29, 1.82) is 0 Å². The van der Waals surface area contributed by atoms with Gasteiger partial charge in [0.05, 0.1) is 10.8 Å². The van der Waals surface area contributed by atoms with E-state index in [2.05, 4.69) is 15.2 Å². The number of halogens is 1. The number of aromatic amines is 1. The second kappa shape index (κ2) is 4.28. The molecule has 1 N–H and O–H groups in total. The first kappa shape index (κ1) is 10.6. The van der Waals surface area contributed by atoms with Crippen molar-refractivity contribution in [2.45, 2.75) is 5.88 Å². The van der Waals surface area contributed by atoms with Crippen molar-refractivity contribution < 1.29 is 4.92 Å². The van der Waals surface area contributed by atoms with E-state index in [1.165, 1.54) is 12.1 Å². The maximum Gasteiger partial charge on any atom is 0.270 e. The number of H-pyrrole nitrogens is 1. The van der Waals surface area contributed by atoms with Crippen molar-refractivity contribution in [2.24, 2.45) is 0 Å². The number of rotatable bonds is 3. The van der Waals surface area contributed by atoms with E-state index in [0.29, 0.717) is 17.2 Å². The average molecular weight is 239 g/mol. The van der Waals surface area contributed by atoms with Gasteiger partial charge in [-0.2, -0.15) is 5.10 Å². The van der Waals surface area contributed by atoms with E-state index >= 15 is 0 Å². The molecule has 0 aliphatic carbocycles. The van der Waals surface area contributed by atoms with Gasteiger partial charge in [-0.3, -0.25) is 15.2 Å². The SMILES string of the molecule is O=[N+]([O-])c1cccc(-c2n[nH]c(CCl)n2)c1. The Balaban J connectivity index is 2.40. The van der Waals surface area contributed by atoms with Crippen LogP contribution in [0.3, 0.4) is 0 Å². The minimum absolute atomic E-state index is 0.00900. The molecule has 0 saturated heterocycles. The fraction of sp³-hybridized carbons (Fsp3) is 0.111. The van der Waals surface area contributed by atoms with Crippen LogP contribution in [0.4, 0.5) is 5.69 Å². The van der Waals surface area contributed by atoms with E-state index in [0.717, 1.165) is 0 Å². The summed E-state index contributed by atoms with van der Waals surface area (Å²) in [6, 6.07) is 6.12. The molecule has 82 valence electrons. The van der Waals surface area contributed by atoms with Crippen LogP contribution in [-0.2, 0) is 5.88 Å². The van der Waals surface area contributed by atoms with Gasteiger partial charge in [0.25, 0.3) is 5.69 Å². The van der Waals surface area contributed by atoms with Gasteiger partial charge < -0.3 is 0 Å². The standard InChI is InChI=1S/C9H7ClN4O2/c10-5-8-11-9(13-12-8)6-2-1-3-7(4-6)14(15)16/h1-4H,5H2,(H,11,12,13). The molecule has 0 atom stereocenters. The molecule has 0 bridgehead atoms. The average Bonchev–Trinajstić information content (AvgIpc) is 2.77. The second-order valence-electron chi connectivity index (χ2n) is 3.05. The first-order chi connectivity index (χ1) is 7.70. The molecule has 0 unspecified atom stereocenters. The summed E-state index contributed by atoms with van der Waals surface area (Å²) in [5.74, 6) is 1.16. The third-order valence-electron chi connectivity index (χ3n) is 1.97. The van der Waals surface area contributed by atoms with Crippen LogP contribution in [0.15, 0.2) is 24.3 Å². The van der Waals surface area contributed by atoms with Crippen LogP contribution in [0.5, 0.6) is 0 Å². The molecule has 0 fully saturated rings. The topological polar surface area (TPSA) is 84.7 Å². The van der Waals surface area contributed by atoms with Crippen LogP contribution < -0.4 is 0 Å². The maximum absolute atomic E-state index is 10.6. The van der Waals surface area contributed by atoms with Crippen LogP contribution >= 0.6 is 11.6 Å². The van der Waals surface area contributed by atoms with E-state index in [-0.39, 0.29) is 11.6 Å². The highest BCUT2D eigenvalue weighted by Gasteiger charge is 2.10. The molecule has 7 heteroatoms. The fourth-order valence-electron chi connectivity index (χ4n) is 1.24. The molecule has 0 aliphatic rings. The van der Waals surface area contributed by atoms with Crippen molar-refractivity contribution >= 4 is 17.3 Å². The van der Waals surface area contributed by atoms with Crippen LogP contribution in [0.25, 0.3) is 11.4 Å². The van der Waals surface area contributed by atoms with E-state index in [4.69, 9.17) is 11.6 Å². The Morgan fingerprint density at radius 2 is 2.31 bits per heavy atom. The molecule has 1 aromatic carbocycles. The number of nitro benzene ring substituents is 1. The van der Waals surface area contributed by atoms with Crippen molar-refractivity contribution in [3.05, 3.63) is 40.2 Å². The molecule has 0 radical (unpaired) electrons. The fourth-order valence-corrected chi connectivity index (χ4v) is 1.36. The van der Waals surface area contributed by atoms with Crippen molar-refractivity contribution in [2.75, 3.05) is 0 Å². The quantitative estimate of drug-likeness (QED) is 0.504. The molecular formula is C9H7ClN4O2. The predicted molar refractivity (Wildman–Crippen MR) is 58.0 cm³/mol. The lowest BCUT2D eigenvalue weighted by atomic mass is 10.2. The Morgan fingerprint density at radius 3 is 2.94 bits per heavy atom. The second-order valence-corrected chi connectivity index (χ2v) is 3.31. The van der Waals surface area contributed by atoms with E-state index in [9.17, 15) is 10.1 Å². The van der Waals surface area contributed by atoms with Gasteiger partial charge in [-0.05, 0) is 0 Å². The molecule has 2 aromatic rings. The number of hydrogen-bond acceptors (Lipinski definition) is 4. The van der Waals surface area contributed by atoms with Crippen molar-refractivity contribution in [3.8, 4) is 11.4 Å². The summed E-state index contributed by atoms with van der Waals surface area (Å²) in [5.41, 5.74) is 0.594. The number of benzene rings is 1. The van der Waals surface area contributed by atoms with Gasteiger partial charge in [0.1, 0.15) is 5.82 Å². The zero-order chi connectivity index (χ0) is 11.5. The Morgan fingerprint density at radius 1 is 1.50 bits per heavy atom. The lowest BCUT2D eigenvalue weighted by Gasteiger charge is -1.94. The Hall–Kier alpha value is -1.95. The number of alkyl halides is 1. The molecule has 0 amide bonds. The number of aromatic nitrogens is 3. The summed E-state index contributed by atoms with van der Waals surface area (Å²) in [4.78, 5) is 14.2. The van der Waals surface area contributed by atoms with E-state index in [1.54, 1.807) is 12.1 Å². The Bertz CT molecular complexity index is 526. The summed E-state index contributed by atoms with van der Waals surface area (Å²) in [5, 5.41) is 17.1. The highest BCUT2D eigenvalue weighted by molar-refractivity contribution is 6.16. The van der Waals surface area contributed by atoms with E-state index in [1.807, 2.05) is 0 Å². The van der Waals surface area contributed by atoms with Crippen LogP contribution in [0, 0.1) is 10.1 Å². The molecular weight excluding hydrogens is 232 g/mol. The number of nitrogens with one attached hydrogen (secondary N) is 1. The van der Waals surface area contributed by atoms with Gasteiger partial charge in [0.15, 0.2) is 5.82 Å². The molecule has 16 heavy (non-hydrogen) atoms. The van der Waals surface area contributed by atoms with Gasteiger partial charge in [-0.15, -0.1) is 11.6 Å². The van der Waals surface area contributed by atoms with Crippen LogP contribution in [0.2, 0.25) is 0 Å². The lowest BCUT2D eigenvalue weighted by Crippen LogP contribution is -1.88. The number of non-ortho nitro benzene ring substituents is 1. The van der Waals surface area contributed by atoms with Gasteiger partial charge in [0.2, 0.25) is 0 Å². The Kier molecular flexibility index (Phi) is 2.82. The number of nitrogens with zero attached hydrogens (tertiary/aromatic N) is 3. The summed E-state index contributed by atoms with van der Waals surface area (Å²) < 4.78 is 0. The summed E-state index contributed by atoms with van der Waals surface area (Å²) >= 11 is 5.57. The first-order valence-electron chi connectivity index (χ1n) is 4.43. The summed E-state index contributed by atoms with van der Waals surface area (Å²) in [7, 11) is 0. The minimum atomic E-state index is -0.460. The smallest absolute Gasteiger partial charge is 0.262 e. The van der Waals surface area contributed by atoms with Gasteiger partial charge in [-0.25, -0.2) is 4.98 Å². The van der Waals surface area contributed by atoms with Gasteiger partial charge in [0, 0.05) is 17.7 Å². The predicted octanol–water partition coefficient (Wildman–Crippen LogP) is 2.12. The van der Waals surface area contributed by atoms with Gasteiger partial charge >= 0.3 is 0 Å². The summed E-state index contributed by atoms with van der Waals surface area (Å²) in [6.45, 7) is 0. The molecule has 2 rings (SSSR count). The summed E-state index contributed by atoms with van der Waals surface area (Å²) in [6.07, 6.45) is 0. The molecule has 1 heterocycles. The zero-order valence-corrected chi connectivity index (χ0v) is 8.81. The largest absolute Gasteiger partial charge is 0.270 e. The van der Waals surface area contributed by atoms with Crippen molar-refractivity contribution in [3.63, 3.8) is 0 Å². The highest BCUT2D eigenvalue weighted by Crippen LogP contribution is 2.20. The third-order valence-corrected chi connectivity index (χ3v) is 2.23. The maximum atomic E-state index is 10.6. The third kappa shape index (κ3) is 2.01. The monoisotopic (exact) mass is 238 g/mol. The van der Waals surface area contributed by atoms with Crippen LogP contribution in [-0.4, -0.2) is 20.1 Å². The van der Waals surface area contributed by atoms with Crippen LogP contribution in [0.1, 0.15) is 5.82 Å². The highest BCUT2D eigenvalue weighted by atomic mass is 35.5. The van der Waals surface area contributed by atoms with E-state index < -0.39 is 4.92 Å². The van der Waals surface area contributed by atoms with Gasteiger partial charge in [-0.1, -0.05) is 12.1 Å². The first-order valence-corrected chi connectivity index (χ1v) is 4.96.